The molecule has 1 N–H and O–H groups in total. The number of nitrogens with one attached hydrogen (secondary N) is 1. The smallest absolute Gasteiger partial charge is 0.105 e. The normalized spacial score (nSPS) is 11.3. The molecule has 0 aliphatic heterocycles. The molecule has 0 radical (unpaired) electrons. The Morgan fingerprint density at radius 3 is 2.94 bits per heavy atom. The summed E-state index contributed by atoms with van der Waals surface area (Å²) < 4.78 is 2.31. The molecule has 0 atom stereocenters. The fourth-order valence-corrected chi connectivity index (χ4v) is 2.65. The lowest BCUT2D eigenvalue weighted by Gasteiger charge is -2.12. The zero-order chi connectivity index (χ0) is 13.0. The lowest BCUT2D eigenvalue weighted by Crippen LogP contribution is -2.23. The highest BCUT2D eigenvalue weighted by Gasteiger charge is 2.07. The molecule has 0 fully saturated rings. The highest BCUT2D eigenvalue weighted by atomic mass is 32.1. The van der Waals surface area contributed by atoms with Gasteiger partial charge in [-0.1, -0.05) is 13.8 Å². The minimum absolute atomic E-state index is 0.505. The maximum Gasteiger partial charge on any atom is 0.105 e. The number of hydrogen-bond donors (Lipinski definition) is 1. The van der Waals surface area contributed by atoms with Gasteiger partial charge >= 0.3 is 0 Å². The van der Waals surface area contributed by atoms with Crippen molar-refractivity contribution in [2.75, 3.05) is 0 Å². The van der Waals surface area contributed by atoms with Gasteiger partial charge in [0.1, 0.15) is 5.82 Å². The molecule has 2 heterocycles. The van der Waals surface area contributed by atoms with E-state index in [4.69, 9.17) is 0 Å². The van der Waals surface area contributed by atoms with Gasteiger partial charge in [0.15, 0.2) is 0 Å². The zero-order valence-electron chi connectivity index (χ0n) is 11.3. The second-order valence-corrected chi connectivity index (χ2v) is 5.65. The Balaban J connectivity index is 1.99. The SMILES string of the molecule is Cc1ncc(CNC(C)C)n1CCc1ccsc1. The third kappa shape index (κ3) is 3.43. The van der Waals surface area contributed by atoms with Crippen molar-refractivity contribution in [2.24, 2.45) is 0 Å². The van der Waals surface area contributed by atoms with Gasteiger partial charge in [0.05, 0.1) is 5.69 Å². The van der Waals surface area contributed by atoms with Crippen LogP contribution in [0.4, 0.5) is 0 Å². The zero-order valence-corrected chi connectivity index (χ0v) is 12.1. The van der Waals surface area contributed by atoms with Crippen molar-refractivity contribution in [3.63, 3.8) is 0 Å². The summed E-state index contributed by atoms with van der Waals surface area (Å²) in [6.07, 6.45) is 3.06. The van der Waals surface area contributed by atoms with E-state index in [1.807, 2.05) is 6.20 Å². The van der Waals surface area contributed by atoms with Crippen LogP contribution in [0.3, 0.4) is 0 Å². The molecule has 2 rings (SSSR count). The van der Waals surface area contributed by atoms with Gasteiger partial charge < -0.3 is 9.88 Å². The molecule has 0 aliphatic carbocycles. The van der Waals surface area contributed by atoms with Gasteiger partial charge in [0.2, 0.25) is 0 Å². The van der Waals surface area contributed by atoms with Gasteiger partial charge in [-0.3, -0.25) is 0 Å². The molecule has 0 bridgehead atoms. The molecule has 0 aromatic carbocycles. The van der Waals surface area contributed by atoms with E-state index >= 15 is 0 Å². The number of aromatic nitrogens is 2. The van der Waals surface area contributed by atoms with E-state index in [0.717, 1.165) is 25.3 Å². The number of imidazole rings is 1. The molecular weight excluding hydrogens is 242 g/mol. The Labute approximate surface area is 113 Å². The molecule has 4 heteroatoms. The van der Waals surface area contributed by atoms with E-state index in [0.29, 0.717) is 6.04 Å². The van der Waals surface area contributed by atoms with Crippen LogP contribution in [0.25, 0.3) is 0 Å². The van der Waals surface area contributed by atoms with Crippen LogP contribution in [0.2, 0.25) is 0 Å². The Bertz CT molecular complexity index is 471. The highest BCUT2D eigenvalue weighted by Crippen LogP contribution is 2.11. The number of rotatable bonds is 6. The van der Waals surface area contributed by atoms with Crippen LogP contribution in [0.5, 0.6) is 0 Å². The summed E-state index contributed by atoms with van der Waals surface area (Å²) in [5.41, 5.74) is 2.69. The van der Waals surface area contributed by atoms with E-state index in [1.165, 1.54) is 11.3 Å². The Morgan fingerprint density at radius 1 is 1.44 bits per heavy atom. The third-order valence-electron chi connectivity index (χ3n) is 3.03. The Morgan fingerprint density at radius 2 is 2.28 bits per heavy atom. The van der Waals surface area contributed by atoms with Crippen LogP contribution in [-0.4, -0.2) is 15.6 Å². The van der Waals surface area contributed by atoms with Crippen LogP contribution in [0.15, 0.2) is 23.0 Å². The summed E-state index contributed by atoms with van der Waals surface area (Å²) in [6.45, 7) is 8.31. The predicted molar refractivity (Wildman–Crippen MR) is 77.0 cm³/mol. The fraction of sp³-hybridized carbons (Fsp3) is 0.500. The highest BCUT2D eigenvalue weighted by molar-refractivity contribution is 7.07. The summed E-state index contributed by atoms with van der Waals surface area (Å²) in [7, 11) is 0. The molecule has 0 amide bonds. The first-order valence-corrected chi connectivity index (χ1v) is 7.36. The third-order valence-corrected chi connectivity index (χ3v) is 3.77. The summed E-state index contributed by atoms with van der Waals surface area (Å²) in [4.78, 5) is 4.42. The van der Waals surface area contributed by atoms with Gasteiger partial charge in [-0.25, -0.2) is 4.98 Å². The molecule has 0 saturated carbocycles. The van der Waals surface area contributed by atoms with Gasteiger partial charge in [-0.05, 0) is 35.7 Å². The van der Waals surface area contributed by atoms with E-state index in [2.05, 4.69) is 52.5 Å². The van der Waals surface area contributed by atoms with Crippen LogP contribution in [0, 0.1) is 6.92 Å². The van der Waals surface area contributed by atoms with Crippen LogP contribution in [-0.2, 0) is 19.5 Å². The summed E-state index contributed by atoms with van der Waals surface area (Å²) in [6, 6.07) is 2.70. The second kappa shape index (κ2) is 6.16. The molecular formula is C14H21N3S. The van der Waals surface area contributed by atoms with Crippen LogP contribution in [0.1, 0.15) is 30.9 Å². The van der Waals surface area contributed by atoms with Crippen molar-refractivity contribution in [2.45, 2.75) is 46.3 Å². The van der Waals surface area contributed by atoms with Crippen molar-refractivity contribution >= 4 is 11.3 Å². The maximum absolute atomic E-state index is 4.42. The number of hydrogen-bond acceptors (Lipinski definition) is 3. The van der Waals surface area contributed by atoms with E-state index in [9.17, 15) is 0 Å². The van der Waals surface area contributed by atoms with Crippen molar-refractivity contribution < 1.29 is 0 Å². The first-order chi connectivity index (χ1) is 8.66. The summed E-state index contributed by atoms with van der Waals surface area (Å²) in [5, 5.41) is 7.81. The molecule has 0 unspecified atom stereocenters. The van der Waals surface area contributed by atoms with Gasteiger partial charge in [0, 0.05) is 25.3 Å². The predicted octanol–water partition coefficient (Wildman–Crippen LogP) is 2.99. The summed E-state index contributed by atoms with van der Waals surface area (Å²) >= 11 is 1.76. The Hall–Kier alpha value is -1.13. The molecule has 98 valence electrons. The maximum atomic E-state index is 4.42. The molecule has 0 spiro atoms. The second-order valence-electron chi connectivity index (χ2n) is 4.87. The van der Waals surface area contributed by atoms with Crippen LogP contribution >= 0.6 is 11.3 Å². The largest absolute Gasteiger partial charge is 0.331 e. The quantitative estimate of drug-likeness (QED) is 0.868. The van der Waals surface area contributed by atoms with E-state index in [-0.39, 0.29) is 0 Å². The average molecular weight is 263 g/mol. The fourth-order valence-electron chi connectivity index (χ4n) is 1.95. The van der Waals surface area contributed by atoms with E-state index < -0.39 is 0 Å². The first kappa shape index (κ1) is 13.3. The number of nitrogens with zero attached hydrogens (tertiary/aromatic N) is 2. The minimum atomic E-state index is 0.505. The molecule has 2 aromatic rings. The minimum Gasteiger partial charge on any atom is -0.331 e. The molecule has 2 aromatic heterocycles. The average Bonchev–Trinajstić information content (AvgIpc) is 2.94. The number of thiophene rings is 1. The van der Waals surface area contributed by atoms with Gasteiger partial charge in [0.25, 0.3) is 0 Å². The first-order valence-electron chi connectivity index (χ1n) is 6.42. The van der Waals surface area contributed by atoms with Crippen molar-refractivity contribution in [3.8, 4) is 0 Å². The molecule has 0 aliphatic rings. The topological polar surface area (TPSA) is 29.9 Å². The van der Waals surface area contributed by atoms with E-state index in [1.54, 1.807) is 11.3 Å². The van der Waals surface area contributed by atoms with Crippen molar-refractivity contribution in [1.29, 1.82) is 0 Å². The molecule has 18 heavy (non-hydrogen) atoms. The molecule has 0 saturated heterocycles. The summed E-state index contributed by atoms with van der Waals surface area (Å²) in [5.74, 6) is 1.10. The Kier molecular flexibility index (Phi) is 4.55. The van der Waals surface area contributed by atoms with Crippen molar-refractivity contribution in [3.05, 3.63) is 40.1 Å². The number of aryl methyl sites for hydroxylation is 2. The monoisotopic (exact) mass is 263 g/mol. The van der Waals surface area contributed by atoms with Crippen molar-refractivity contribution in [1.82, 2.24) is 14.9 Å². The van der Waals surface area contributed by atoms with Gasteiger partial charge in [-0.2, -0.15) is 11.3 Å². The lowest BCUT2D eigenvalue weighted by atomic mass is 10.2. The van der Waals surface area contributed by atoms with Gasteiger partial charge in [-0.15, -0.1) is 0 Å². The van der Waals surface area contributed by atoms with Crippen LogP contribution < -0.4 is 5.32 Å². The molecule has 3 nitrogen and oxygen atoms in total. The lowest BCUT2D eigenvalue weighted by molar-refractivity contribution is 0.550. The standard InChI is InChI=1S/C14H21N3S/c1-11(2)15-8-14-9-16-12(3)17(14)6-4-13-5-7-18-10-13/h5,7,9-11,15H,4,6,8H2,1-3H3.